The van der Waals surface area contributed by atoms with Gasteiger partial charge in [0, 0.05) is 50.5 Å². The largest absolute Gasteiger partial charge is 0.493 e. The van der Waals surface area contributed by atoms with Gasteiger partial charge in [0.25, 0.3) is 11.8 Å². The minimum absolute atomic E-state index is 0.0343. The van der Waals surface area contributed by atoms with E-state index in [2.05, 4.69) is 32.3 Å². The third kappa shape index (κ3) is 7.08. The molecule has 2 heterocycles. The van der Waals surface area contributed by atoms with Gasteiger partial charge in [-0.25, -0.2) is 4.98 Å². The number of likely N-dealkylation sites (N-methyl/N-ethyl adjacent to an activating group) is 1. The molecule has 3 rings (SSSR count). The van der Waals surface area contributed by atoms with Crippen molar-refractivity contribution in [1.82, 2.24) is 20.5 Å². The van der Waals surface area contributed by atoms with Crippen LogP contribution < -0.4 is 25.0 Å². The average molecular weight is 470 g/mol. The average Bonchev–Trinajstić information content (AvgIpc) is 2.86. The zero-order valence-electron chi connectivity index (χ0n) is 20.5. The number of anilines is 1. The van der Waals surface area contributed by atoms with E-state index in [4.69, 9.17) is 9.47 Å². The van der Waals surface area contributed by atoms with E-state index in [-0.39, 0.29) is 24.5 Å². The second-order valence-electron chi connectivity index (χ2n) is 8.51. The molecule has 34 heavy (non-hydrogen) atoms. The maximum absolute atomic E-state index is 12.7. The van der Waals surface area contributed by atoms with Crippen LogP contribution in [0.2, 0.25) is 0 Å². The third-order valence-corrected chi connectivity index (χ3v) is 5.64. The van der Waals surface area contributed by atoms with Gasteiger partial charge in [-0.3, -0.25) is 9.59 Å². The number of hydrogen-bond donors (Lipinski definition) is 2. The molecule has 1 aliphatic rings. The lowest BCUT2D eigenvalue weighted by atomic mass is 10.1. The molecule has 1 aromatic carbocycles. The minimum atomic E-state index is -0.234. The Balaban J connectivity index is 1.52. The van der Waals surface area contributed by atoms with Crippen LogP contribution in [0.1, 0.15) is 36.7 Å². The van der Waals surface area contributed by atoms with Crippen LogP contribution in [-0.4, -0.2) is 74.2 Å². The van der Waals surface area contributed by atoms with Crippen molar-refractivity contribution in [3.05, 3.63) is 47.7 Å². The molecule has 184 valence electrons. The second kappa shape index (κ2) is 12.2. The third-order valence-electron chi connectivity index (χ3n) is 5.64. The maximum Gasteiger partial charge on any atom is 0.258 e. The highest BCUT2D eigenvalue weighted by Gasteiger charge is 2.17. The highest BCUT2D eigenvalue weighted by molar-refractivity contribution is 5.94. The topological polar surface area (TPSA) is 96.0 Å². The van der Waals surface area contributed by atoms with E-state index in [1.165, 1.54) is 7.11 Å². The van der Waals surface area contributed by atoms with E-state index in [0.29, 0.717) is 23.6 Å². The number of piperazine rings is 1. The van der Waals surface area contributed by atoms with E-state index in [1.807, 2.05) is 32.2 Å². The number of pyridine rings is 1. The molecule has 0 spiro atoms. The van der Waals surface area contributed by atoms with Crippen molar-refractivity contribution in [1.29, 1.82) is 0 Å². The predicted octanol–water partition coefficient (Wildman–Crippen LogP) is 2.07. The number of carbonyl (C=O) groups excluding carboxylic acids is 2. The first-order valence-corrected chi connectivity index (χ1v) is 11.7. The standard InChI is InChI=1S/C25H35N5O4/c1-5-29-10-12-30(13-11-29)23-9-6-19(15-26-23)16-27-25(32)20-7-8-21(22(14-20)33-4)34-17-24(31)28-18(2)3/h6-9,14-15,18H,5,10-13,16-17H2,1-4H3,(H,27,32)(H,28,31). The first-order chi connectivity index (χ1) is 16.4. The quantitative estimate of drug-likeness (QED) is 0.550. The van der Waals surface area contributed by atoms with Crippen molar-refractivity contribution in [2.75, 3.05) is 51.3 Å². The number of rotatable bonds is 10. The van der Waals surface area contributed by atoms with E-state index in [0.717, 1.165) is 44.1 Å². The zero-order chi connectivity index (χ0) is 24.5. The van der Waals surface area contributed by atoms with Crippen molar-refractivity contribution < 1.29 is 19.1 Å². The van der Waals surface area contributed by atoms with E-state index >= 15 is 0 Å². The van der Waals surface area contributed by atoms with Gasteiger partial charge in [0.15, 0.2) is 18.1 Å². The van der Waals surface area contributed by atoms with Crippen LogP contribution >= 0.6 is 0 Å². The molecule has 0 saturated carbocycles. The van der Waals surface area contributed by atoms with Gasteiger partial charge in [0.2, 0.25) is 0 Å². The Labute approximate surface area is 201 Å². The Morgan fingerprint density at radius 1 is 1.09 bits per heavy atom. The summed E-state index contributed by atoms with van der Waals surface area (Å²) in [5.74, 6) is 1.30. The van der Waals surface area contributed by atoms with Crippen LogP contribution in [-0.2, 0) is 11.3 Å². The molecule has 0 unspecified atom stereocenters. The smallest absolute Gasteiger partial charge is 0.258 e. The Morgan fingerprint density at radius 3 is 2.47 bits per heavy atom. The summed E-state index contributed by atoms with van der Waals surface area (Å²) < 4.78 is 10.9. The summed E-state index contributed by atoms with van der Waals surface area (Å²) in [6.45, 7) is 11.3. The molecule has 1 fully saturated rings. The van der Waals surface area contributed by atoms with Gasteiger partial charge < -0.3 is 29.9 Å². The van der Waals surface area contributed by atoms with E-state index < -0.39 is 0 Å². The van der Waals surface area contributed by atoms with Crippen molar-refractivity contribution in [2.24, 2.45) is 0 Å². The summed E-state index contributed by atoms with van der Waals surface area (Å²) in [5, 5.41) is 5.67. The lowest BCUT2D eigenvalue weighted by Gasteiger charge is -2.34. The Morgan fingerprint density at radius 2 is 1.85 bits per heavy atom. The number of aromatic nitrogens is 1. The van der Waals surface area contributed by atoms with Crippen LogP contribution in [0.25, 0.3) is 0 Å². The Hall–Kier alpha value is -3.33. The van der Waals surface area contributed by atoms with Gasteiger partial charge in [-0.05, 0) is 50.2 Å². The number of nitrogens with zero attached hydrogens (tertiary/aromatic N) is 3. The molecule has 0 radical (unpaired) electrons. The molecule has 0 aliphatic carbocycles. The summed E-state index contributed by atoms with van der Waals surface area (Å²) in [6, 6.07) is 8.91. The number of carbonyl (C=O) groups is 2. The molecule has 1 aliphatic heterocycles. The predicted molar refractivity (Wildman–Crippen MR) is 132 cm³/mol. The number of ether oxygens (including phenoxy) is 2. The summed E-state index contributed by atoms with van der Waals surface area (Å²) >= 11 is 0. The van der Waals surface area contributed by atoms with Gasteiger partial charge in [0.1, 0.15) is 5.82 Å². The molecule has 0 atom stereocenters. The van der Waals surface area contributed by atoms with Gasteiger partial charge in [0.05, 0.1) is 7.11 Å². The molecule has 0 bridgehead atoms. The van der Waals surface area contributed by atoms with Crippen molar-refractivity contribution in [3.63, 3.8) is 0 Å². The molecule has 2 amide bonds. The summed E-state index contributed by atoms with van der Waals surface area (Å²) in [7, 11) is 1.49. The molecule has 2 N–H and O–H groups in total. The first kappa shape index (κ1) is 25.3. The molecule has 9 nitrogen and oxygen atoms in total. The normalized spacial score (nSPS) is 14.1. The van der Waals surface area contributed by atoms with Crippen LogP contribution in [0.4, 0.5) is 5.82 Å². The summed E-state index contributed by atoms with van der Waals surface area (Å²) in [4.78, 5) is 33.8. The molecule has 1 saturated heterocycles. The lowest BCUT2D eigenvalue weighted by molar-refractivity contribution is -0.123. The number of methoxy groups -OCH3 is 1. The Kier molecular flexibility index (Phi) is 9.09. The van der Waals surface area contributed by atoms with Crippen molar-refractivity contribution in [3.8, 4) is 11.5 Å². The van der Waals surface area contributed by atoms with Gasteiger partial charge in [-0.2, -0.15) is 0 Å². The van der Waals surface area contributed by atoms with Crippen molar-refractivity contribution >= 4 is 17.6 Å². The highest BCUT2D eigenvalue weighted by Crippen LogP contribution is 2.28. The van der Waals surface area contributed by atoms with Crippen molar-refractivity contribution in [2.45, 2.75) is 33.4 Å². The van der Waals surface area contributed by atoms with E-state index in [9.17, 15) is 9.59 Å². The SMILES string of the molecule is CCN1CCN(c2ccc(CNC(=O)c3ccc(OCC(=O)NC(C)C)c(OC)c3)cn2)CC1. The molecular formula is C25H35N5O4. The number of nitrogens with one attached hydrogen (secondary N) is 2. The summed E-state index contributed by atoms with van der Waals surface area (Å²) in [6.07, 6.45) is 1.81. The molecule has 2 aromatic rings. The van der Waals surface area contributed by atoms with Gasteiger partial charge in [-0.1, -0.05) is 13.0 Å². The first-order valence-electron chi connectivity index (χ1n) is 11.7. The van der Waals surface area contributed by atoms with Crippen LogP contribution in [0.15, 0.2) is 36.5 Å². The number of hydrogen-bond acceptors (Lipinski definition) is 7. The molecular weight excluding hydrogens is 434 g/mol. The number of amides is 2. The van der Waals surface area contributed by atoms with Crippen LogP contribution in [0.5, 0.6) is 11.5 Å². The fraction of sp³-hybridized carbons (Fsp3) is 0.480. The fourth-order valence-corrected chi connectivity index (χ4v) is 3.72. The van der Waals surface area contributed by atoms with Gasteiger partial charge in [-0.15, -0.1) is 0 Å². The molecule has 1 aromatic heterocycles. The highest BCUT2D eigenvalue weighted by atomic mass is 16.5. The fourth-order valence-electron chi connectivity index (χ4n) is 3.72. The van der Waals surface area contributed by atoms with Crippen LogP contribution in [0.3, 0.4) is 0 Å². The summed E-state index contributed by atoms with van der Waals surface area (Å²) in [5.41, 5.74) is 1.36. The van der Waals surface area contributed by atoms with Crippen LogP contribution in [0, 0.1) is 0 Å². The Bertz CT molecular complexity index is 956. The minimum Gasteiger partial charge on any atom is -0.493 e. The van der Waals surface area contributed by atoms with Gasteiger partial charge >= 0.3 is 0 Å². The molecule has 9 heteroatoms. The van der Waals surface area contributed by atoms with E-state index in [1.54, 1.807) is 18.2 Å². The maximum atomic E-state index is 12.7. The second-order valence-corrected chi connectivity index (χ2v) is 8.51. The monoisotopic (exact) mass is 469 g/mol. The lowest BCUT2D eigenvalue weighted by Crippen LogP contribution is -2.46. The number of benzene rings is 1. The zero-order valence-corrected chi connectivity index (χ0v) is 20.5.